The average molecular weight is 376 g/mol. The number of aromatic hydroxyl groups is 1. The molecule has 3 aromatic rings. The molecule has 0 unspecified atom stereocenters. The van der Waals surface area contributed by atoms with Gasteiger partial charge in [-0.3, -0.25) is 0 Å². The molecule has 0 saturated carbocycles. The highest BCUT2D eigenvalue weighted by atomic mass is 19.2. The van der Waals surface area contributed by atoms with Crippen LogP contribution in [0, 0.1) is 11.6 Å². The lowest BCUT2D eigenvalue weighted by Crippen LogP contribution is -2.04. The molecule has 142 valence electrons. The van der Waals surface area contributed by atoms with Crippen LogP contribution in [0.1, 0.15) is 39.2 Å². The van der Waals surface area contributed by atoms with Crippen molar-refractivity contribution in [2.45, 2.75) is 33.6 Å². The van der Waals surface area contributed by atoms with Crippen molar-refractivity contribution in [1.82, 2.24) is 0 Å². The Kier molecular flexibility index (Phi) is 4.34. The summed E-state index contributed by atoms with van der Waals surface area (Å²) in [5.41, 5.74) is 6.33. The number of phenolic OH excluding ortho intramolecular Hbond substituents is 1. The number of halogens is 2. The minimum Gasteiger partial charge on any atom is -0.507 e. The molecule has 0 aliphatic heterocycles. The molecule has 1 nitrogen and oxygen atoms in total. The zero-order valence-corrected chi connectivity index (χ0v) is 16.4. The van der Waals surface area contributed by atoms with Gasteiger partial charge in [0.05, 0.1) is 0 Å². The molecular weight excluding hydrogens is 354 g/mol. The monoisotopic (exact) mass is 376 g/mol. The standard InChI is InChI=1S/C25H22F2O/c1-13-14(2)16(4)25(15(13)3)21-12-23(27)22(26)11-19(21)20-9-17-7-5-6-8-18(17)10-24(20)28/h5-12,25,28H,1-4H3. The SMILES string of the molecule is CC1=C(C)C(c2cc(F)c(F)cc2-c2cc3ccccc3cc2O)C(C)=C1C. The molecule has 0 saturated heterocycles. The number of allylic oxidation sites excluding steroid dienone is 4. The smallest absolute Gasteiger partial charge is 0.159 e. The van der Waals surface area contributed by atoms with Crippen molar-refractivity contribution in [2.75, 3.05) is 0 Å². The summed E-state index contributed by atoms with van der Waals surface area (Å²) in [6, 6.07) is 13.7. The predicted octanol–water partition coefficient (Wildman–Crippen LogP) is 7.26. The Morgan fingerprint density at radius 1 is 0.714 bits per heavy atom. The molecule has 4 rings (SSSR count). The second-order valence-corrected chi connectivity index (χ2v) is 7.62. The highest BCUT2D eigenvalue weighted by Crippen LogP contribution is 2.48. The second kappa shape index (κ2) is 6.59. The molecule has 0 aromatic heterocycles. The van der Waals surface area contributed by atoms with E-state index < -0.39 is 11.6 Å². The summed E-state index contributed by atoms with van der Waals surface area (Å²) in [6.45, 7) is 8.18. The van der Waals surface area contributed by atoms with E-state index >= 15 is 0 Å². The van der Waals surface area contributed by atoms with Gasteiger partial charge in [-0.25, -0.2) is 8.78 Å². The highest BCUT2D eigenvalue weighted by Gasteiger charge is 2.29. The van der Waals surface area contributed by atoms with Gasteiger partial charge in [-0.05, 0) is 85.0 Å². The first-order chi connectivity index (χ1) is 13.3. The predicted molar refractivity (Wildman–Crippen MR) is 110 cm³/mol. The fraction of sp³-hybridized carbons (Fsp3) is 0.200. The van der Waals surface area contributed by atoms with Crippen molar-refractivity contribution in [3.8, 4) is 16.9 Å². The van der Waals surface area contributed by atoms with Crippen LogP contribution < -0.4 is 0 Å². The van der Waals surface area contributed by atoms with Gasteiger partial charge < -0.3 is 5.11 Å². The van der Waals surface area contributed by atoms with Gasteiger partial charge >= 0.3 is 0 Å². The van der Waals surface area contributed by atoms with E-state index in [1.165, 1.54) is 23.3 Å². The van der Waals surface area contributed by atoms with Gasteiger partial charge in [0.15, 0.2) is 11.6 Å². The first kappa shape index (κ1) is 18.4. The number of fused-ring (bicyclic) bond motifs is 1. The zero-order valence-electron chi connectivity index (χ0n) is 16.4. The Hall–Kier alpha value is -2.94. The van der Waals surface area contributed by atoms with Crippen LogP contribution in [0.2, 0.25) is 0 Å². The number of hydrogen-bond donors (Lipinski definition) is 1. The maximum Gasteiger partial charge on any atom is 0.159 e. The lowest BCUT2D eigenvalue weighted by molar-refractivity contribution is 0.477. The Labute approximate surface area is 163 Å². The number of rotatable bonds is 2. The topological polar surface area (TPSA) is 20.2 Å². The molecule has 3 aromatic carbocycles. The lowest BCUT2D eigenvalue weighted by atomic mass is 9.83. The van der Waals surface area contributed by atoms with E-state index in [0.717, 1.165) is 21.9 Å². The molecule has 3 heteroatoms. The molecule has 28 heavy (non-hydrogen) atoms. The number of hydrogen-bond acceptors (Lipinski definition) is 1. The molecule has 1 aliphatic rings. The molecular formula is C25H22F2O. The normalized spacial score (nSPS) is 15.2. The van der Waals surface area contributed by atoms with E-state index in [9.17, 15) is 13.9 Å². The van der Waals surface area contributed by atoms with E-state index in [4.69, 9.17) is 0 Å². The Morgan fingerprint density at radius 3 is 1.86 bits per heavy atom. The number of benzene rings is 3. The lowest BCUT2D eigenvalue weighted by Gasteiger charge is -2.21. The van der Waals surface area contributed by atoms with Gasteiger partial charge in [-0.1, -0.05) is 35.4 Å². The minimum atomic E-state index is -0.916. The van der Waals surface area contributed by atoms with Crippen molar-refractivity contribution in [3.63, 3.8) is 0 Å². The van der Waals surface area contributed by atoms with E-state index in [2.05, 4.69) is 13.8 Å². The van der Waals surface area contributed by atoms with E-state index in [1.807, 2.05) is 44.2 Å². The minimum absolute atomic E-state index is 0.0562. The molecule has 0 amide bonds. The van der Waals surface area contributed by atoms with Crippen LogP contribution in [0.5, 0.6) is 5.75 Å². The summed E-state index contributed by atoms with van der Waals surface area (Å²) in [7, 11) is 0. The quantitative estimate of drug-likeness (QED) is 0.499. The first-order valence-corrected chi connectivity index (χ1v) is 9.35. The Balaban J connectivity index is 2.02. The number of phenols is 1. The molecule has 1 N–H and O–H groups in total. The van der Waals surface area contributed by atoms with E-state index in [-0.39, 0.29) is 11.7 Å². The fourth-order valence-corrected chi connectivity index (χ4v) is 4.29. The van der Waals surface area contributed by atoms with Crippen molar-refractivity contribution < 1.29 is 13.9 Å². The van der Waals surface area contributed by atoms with Crippen LogP contribution in [0.15, 0.2) is 70.8 Å². The summed E-state index contributed by atoms with van der Waals surface area (Å²) in [6.07, 6.45) is 0. The van der Waals surface area contributed by atoms with Crippen molar-refractivity contribution in [2.24, 2.45) is 0 Å². The van der Waals surface area contributed by atoms with Crippen molar-refractivity contribution in [3.05, 3.63) is 88.0 Å². The summed E-state index contributed by atoms with van der Waals surface area (Å²) in [5.74, 6) is -1.86. The van der Waals surface area contributed by atoms with Crippen LogP contribution >= 0.6 is 0 Å². The molecule has 0 atom stereocenters. The molecule has 0 heterocycles. The Bertz CT molecular complexity index is 1160. The fourth-order valence-electron chi connectivity index (χ4n) is 4.29. The van der Waals surface area contributed by atoms with Crippen LogP contribution in [0.3, 0.4) is 0 Å². The van der Waals surface area contributed by atoms with Crippen molar-refractivity contribution in [1.29, 1.82) is 0 Å². The molecule has 0 fully saturated rings. The van der Waals surface area contributed by atoms with Gasteiger partial charge in [0.2, 0.25) is 0 Å². The molecule has 1 aliphatic carbocycles. The van der Waals surface area contributed by atoms with Crippen LogP contribution in [-0.2, 0) is 0 Å². The third-order valence-electron chi connectivity index (χ3n) is 6.17. The summed E-state index contributed by atoms with van der Waals surface area (Å²) in [5, 5.41) is 12.5. The largest absolute Gasteiger partial charge is 0.507 e. The Morgan fingerprint density at radius 2 is 1.25 bits per heavy atom. The second-order valence-electron chi connectivity index (χ2n) is 7.62. The van der Waals surface area contributed by atoms with Crippen LogP contribution in [-0.4, -0.2) is 5.11 Å². The maximum absolute atomic E-state index is 14.3. The maximum atomic E-state index is 14.3. The summed E-state index contributed by atoms with van der Waals surface area (Å²) < 4.78 is 28.5. The molecule has 0 spiro atoms. The average Bonchev–Trinajstić information content (AvgIpc) is 2.86. The van der Waals surface area contributed by atoms with Crippen LogP contribution in [0.25, 0.3) is 21.9 Å². The van der Waals surface area contributed by atoms with Crippen LogP contribution in [0.4, 0.5) is 8.78 Å². The van der Waals surface area contributed by atoms with E-state index in [1.54, 1.807) is 6.07 Å². The molecule has 0 bridgehead atoms. The van der Waals surface area contributed by atoms with Gasteiger partial charge in [0.25, 0.3) is 0 Å². The van der Waals surface area contributed by atoms with Gasteiger partial charge in [-0.15, -0.1) is 0 Å². The van der Waals surface area contributed by atoms with E-state index in [0.29, 0.717) is 16.7 Å². The first-order valence-electron chi connectivity index (χ1n) is 9.35. The summed E-state index contributed by atoms with van der Waals surface area (Å²) in [4.78, 5) is 0. The van der Waals surface area contributed by atoms with Gasteiger partial charge in [0.1, 0.15) is 5.75 Å². The van der Waals surface area contributed by atoms with Gasteiger partial charge in [-0.2, -0.15) is 0 Å². The molecule has 0 radical (unpaired) electrons. The van der Waals surface area contributed by atoms with Gasteiger partial charge in [0, 0.05) is 11.5 Å². The summed E-state index contributed by atoms with van der Waals surface area (Å²) >= 11 is 0. The van der Waals surface area contributed by atoms with Crippen molar-refractivity contribution >= 4 is 10.8 Å². The third-order valence-corrected chi connectivity index (χ3v) is 6.17. The third kappa shape index (κ3) is 2.73. The zero-order chi connectivity index (χ0) is 20.2. The highest BCUT2D eigenvalue weighted by molar-refractivity contribution is 5.91.